The van der Waals surface area contributed by atoms with Crippen molar-refractivity contribution in [3.63, 3.8) is 0 Å². The number of aromatic nitrogens is 1. The van der Waals surface area contributed by atoms with E-state index in [1.165, 1.54) is 5.56 Å². The molecule has 1 heterocycles. The van der Waals surface area contributed by atoms with Crippen molar-refractivity contribution in [1.29, 1.82) is 0 Å². The first-order valence-corrected chi connectivity index (χ1v) is 6.57. The van der Waals surface area contributed by atoms with E-state index in [-0.39, 0.29) is 0 Å². The molecule has 1 N–H and O–H groups in total. The van der Waals surface area contributed by atoms with E-state index >= 15 is 0 Å². The number of aryl methyl sites for hydroxylation is 1. The molecule has 0 aromatic carbocycles. The highest BCUT2D eigenvalue weighted by atomic mass is 15.2. The summed E-state index contributed by atoms with van der Waals surface area (Å²) in [5.74, 6) is 1.06. The molecule has 0 unspecified atom stereocenters. The van der Waals surface area contributed by atoms with E-state index in [0.717, 1.165) is 37.7 Å². The van der Waals surface area contributed by atoms with Crippen LogP contribution in [0.25, 0.3) is 0 Å². The maximum atomic E-state index is 4.60. The fourth-order valence-corrected chi connectivity index (χ4v) is 1.75. The third-order valence-electron chi connectivity index (χ3n) is 2.85. The molecule has 0 amide bonds. The number of hydrogen-bond acceptors (Lipinski definition) is 4. The summed E-state index contributed by atoms with van der Waals surface area (Å²) in [4.78, 5) is 9.00. The molecule has 0 spiro atoms. The van der Waals surface area contributed by atoms with Gasteiger partial charge in [0.1, 0.15) is 5.82 Å². The third kappa shape index (κ3) is 5.02. The van der Waals surface area contributed by atoms with Crippen molar-refractivity contribution in [2.24, 2.45) is 0 Å². The second-order valence-corrected chi connectivity index (χ2v) is 4.98. The summed E-state index contributed by atoms with van der Waals surface area (Å²) >= 11 is 0. The van der Waals surface area contributed by atoms with Gasteiger partial charge in [-0.15, -0.1) is 0 Å². The summed E-state index contributed by atoms with van der Waals surface area (Å²) in [5, 5.41) is 3.35. The molecule has 1 rings (SSSR count). The SMILES string of the molecule is CCNCc1cc(C)nc(N(C)CCN(C)C)c1. The lowest BCUT2D eigenvalue weighted by molar-refractivity contribution is 0.416. The van der Waals surface area contributed by atoms with Crippen molar-refractivity contribution in [1.82, 2.24) is 15.2 Å². The molecular formula is C14H26N4. The van der Waals surface area contributed by atoms with E-state index in [1.54, 1.807) is 0 Å². The van der Waals surface area contributed by atoms with Crippen molar-refractivity contribution < 1.29 is 0 Å². The highest BCUT2D eigenvalue weighted by Gasteiger charge is 2.05. The minimum atomic E-state index is 0.911. The second kappa shape index (κ2) is 7.34. The molecule has 0 aliphatic carbocycles. The number of likely N-dealkylation sites (N-methyl/N-ethyl adjacent to an activating group) is 2. The molecule has 0 radical (unpaired) electrons. The molecular weight excluding hydrogens is 224 g/mol. The van der Waals surface area contributed by atoms with Crippen LogP contribution < -0.4 is 10.2 Å². The normalized spacial score (nSPS) is 11.0. The van der Waals surface area contributed by atoms with Crippen LogP contribution in [0.2, 0.25) is 0 Å². The summed E-state index contributed by atoms with van der Waals surface area (Å²) < 4.78 is 0. The molecule has 0 bridgehead atoms. The third-order valence-corrected chi connectivity index (χ3v) is 2.85. The second-order valence-electron chi connectivity index (χ2n) is 4.98. The molecule has 1 aromatic heterocycles. The van der Waals surface area contributed by atoms with Crippen LogP contribution in [0, 0.1) is 6.92 Å². The lowest BCUT2D eigenvalue weighted by atomic mass is 10.2. The highest BCUT2D eigenvalue weighted by Crippen LogP contribution is 2.13. The molecule has 0 saturated carbocycles. The first kappa shape index (κ1) is 14.9. The summed E-state index contributed by atoms with van der Waals surface area (Å²) in [6.45, 7) is 8.11. The quantitative estimate of drug-likeness (QED) is 0.794. The van der Waals surface area contributed by atoms with Gasteiger partial charge in [-0.25, -0.2) is 4.98 Å². The average Bonchev–Trinajstić information content (AvgIpc) is 2.32. The van der Waals surface area contributed by atoms with E-state index in [1.807, 2.05) is 0 Å². The van der Waals surface area contributed by atoms with Crippen LogP contribution in [0.1, 0.15) is 18.2 Å². The van der Waals surface area contributed by atoms with Gasteiger partial charge < -0.3 is 15.1 Å². The number of anilines is 1. The molecule has 0 aliphatic heterocycles. The summed E-state index contributed by atoms with van der Waals surface area (Å²) in [5.41, 5.74) is 2.38. The maximum absolute atomic E-state index is 4.60. The molecule has 4 nitrogen and oxygen atoms in total. The van der Waals surface area contributed by atoms with Crippen LogP contribution in [0.5, 0.6) is 0 Å². The Bertz CT molecular complexity index is 363. The van der Waals surface area contributed by atoms with Crippen molar-refractivity contribution in [3.05, 3.63) is 23.4 Å². The predicted molar refractivity (Wildman–Crippen MR) is 78.2 cm³/mol. The van der Waals surface area contributed by atoms with Gasteiger partial charge in [0.05, 0.1) is 0 Å². The molecule has 4 heteroatoms. The van der Waals surface area contributed by atoms with Crippen molar-refractivity contribution in [2.75, 3.05) is 45.7 Å². The molecule has 0 saturated heterocycles. The van der Waals surface area contributed by atoms with Gasteiger partial charge in [-0.1, -0.05) is 6.92 Å². The molecule has 1 aromatic rings. The topological polar surface area (TPSA) is 31.4 Å². The molecule has 0 aliphatic rings. The van der Waals surface area contributed by atoms with Gasteiger partial charge in [0.15, 0.2) is 0 Å². The van der Waals surface area contributed by atoms with Crippen LogP contribution in [0.4, 0.5) is 5.82 Å². The lowest BCUT2D eigenvalue weighted by Gasteiger charge is -2.21. The van der Waals surface area contributed by atoms with E-state index in [9.17, 15) is 0 Å². The Hall–Kier alpha value is -1.13. The van der Waals surface area contributed by atoms with E-state index in [4.69, 9.17) is 0 Å². The van der Waals surface area contributed by atoms with Crippen molar-refractivity contribution in [2.45, 2.75) is 20.4 Å². The van der Waals surface area contributed by atoms with Gasteiger partial charge in [0, 0.05) is 32.4 Å². The van der Waals surface area contributed by atoms with Crippen LogP contribution in [0.3, 0.4) is 0 Å². The fraction of sp³-hybridized carbons (Fsp3) is 0.643. The number of pyridine rings is 1. The van der Waals surface area contributed by atoms with Crippen LogP contribution >= 0.6 is 0 Å². The van der Waals surface area contributed by atoms with Gasteiger partial charge in [-0.3, -0.25) is 0 Å². The number of hydrogen-bond donors (Lipinski definition) is 1. The van der Waals surface area contributed by atoms with Gasteiger partial charge in [-0.2, -0.15) is 0 Å². The Morgan fingerprint density at radius 2 is 1.89 bits per heavy atom. The van der Waals surface area contributed by atoms with E-state index in [2.05, 4.69) is 67.2 Å². The van der Waals surface area contributed by atoms with Gasteiger partial charge in [0.2, 0.25) is 0 Å². The predicted octanol–water partition coefficient (Wildman–Crippen LogP) is 1.50. The summed E-state index contributed by atoms with van der Waals surface area (Å²) in [6.07, 6.45) is 0. The number of rotatable bonds is 7. The molecule has 0 fully saturated rings. The Balaban J connectivity index is 2.71. The average molecular weight is 250 g/mol. The first-order valence-electron chi connectivity index (χ1n) is 6.57. The van der Waals surface area contributed by atoms with E-state index in [0.29, 0.717) is 0 Å². The summed E-state index contributed by atoms with van der Waals surface area (Å²) in [6, 6.07) is 4.32. The smallest absolute Gasteiger partial charge is 0.128 e. The minimum Gasteiger partial charge on any atom is -0.358 e. The molecule has 102 valence electrons. The van der Waals surface area contributed by atoms with Crippen LogP contribution in [-0.4, -0.2) is 50.7 Å². The van der Waals surface area contributed by atoms with Gasteiger partial charge in [0.25, 0.3) is 0 Å². The monoisotopic (exact) mass is 250 g/mol. The fourth-order valence-electron chi connectivity index (χ4n) is 1.75. The zero-order chi connectivity index (χ0) is 13.5. The maximum Gasteiger partial charge on any atom is 0.128 e. The Kier molecular flexibility index (Phi) is 6.09. The van der Waals surface area contributed by atoms with Crippen LogP contribution in [0.15, 0.2) is 12.1 Å². The Morgan fingerprint density at radius 1 is 1.17 bits per heavy atom. The van der Waals surface area contributed by atoms with Crippen molar-refractivity contribution in [3.8, 4) is 0 Å². The number of nitrogens with zero attached hydrogens (tertiary/aromatic N) is 3. The lowest BCUT2D eigenvalue weighted by Crippen LogP contribution is -2.29. The zero-order valence-electron chi connectivity index (χ0n) is 12.3. The molecule has 18 heavy (non-hydrogen) atoms. The Labute approximate surface area is 111 Å². The minimum absolute atomic E-state index is 0.911. The standard InChI is InChI=1S/C14H26N4/c1-6-15-11-13-9-12(2)16-14(10-13)18(5)8-7-17(3)4/h9-10,15H,6-8,11H2,1-5H3. The highest BCUT2D eigenvalue weighted by molar-refractivity contribution is 5.41. The summed E-state index contributed by atoms with van der Waals surface area (Å²) in [7, 11) is 6.28. The zero-order valence-corrected chi connectivity index (χ0v) is 12.3. The number of nitrogens with one attached hydrogen (secondary N) is 1. The van der Waals surface area contributed by atoms with Gasteiger partial charge >= 0.3 is 0 Å². The Morgan fingerprint density at radius 3 is 2.50 bits per heavy atom. The van der Waals surface area contributed by atoms with Crippen molar-refractivity contribution >= 4 is 5.82 Å². The first-order chi connectivity index (χ1) is 8.52. The van der Waals surface area contributed by atoms with E-state index < -0.39 is 0 Å². The van der Waals surface area contributed by atoms with Gasteiger partial charge in [-0.05, 0) is 45.3 Å². The van der Waals surface area contributed by atoms with Crippen LogP contribution in [-0.2, 0) is 6.54 Å². The largest absolute Gasteiger partial charge is 0.358 e. The molecule has 0 atom stereocenters.